The first kappa shape index (κ1) is 22.6. The first-order valence-corrected chi connectivity index (χ1v) is 10.5. The summed E-state index contributed by atoms with van der Waals surface area (Å²) in [5.41, 5.74) is 4.06. The van der Waals surface area contributed by atoms with Crippen LogP contribution < -0.4 is 10.2 Å². The van der Waals surface area contributed by atoms with E-state index in [4.69, 9.17) is 9.47 Å². The molecule has 7 nitrogen and oxygen atoms in total. The highest BCUT2D eigenvalue weighted by Crippen LogP contribution is 2.45. The standard InChI is InChI=1S/C24H30N2O5/c1-7-31-24(29)19-14(3)25-17-12-13(2)18(23(28)30-6)22(27)21(17)20(19)15-8-10-16(11-9-15)26(4)5/h8-11,13,18,20,25H,7,12H2,1-6H3/t13-,18+,20-/m0/s1. The lowest BCUT2D eigenvalue weighted by molar-refractivity contribution is -0.151. The molecular weight excluding hydrogens is 396 g/mol. The van der Waals surface area contributed by atoms with Crippen molar-refractivity contribution < 1.29 is 23.9 Å². The number of hydrogen-bond donors (Lipinski definition) is 1. The number of benzene rings is 1. The average molecular weight is 427 g/mol. The molecule has 7 heteroatoms. The zero-order valence-corrected chi connectivity index (χ0v) is 18.9. The van der Waals surface area contributed by atoms with Gasteiger partial charge in [-0.1, -0.05) is 19.1 Å². The van der Waals surface area contributed by atoms with Gasteiger partial charge in [0.25, 0.3) is 0 Å². The molecule has 166 valence electrons. The number of hydrogen-bond acceptors (Lipinski definition) is 7. The fourth-order valence-electron chi connectivity index (χ4n) is 4.46. The fourth-order valence-corrected chi connectivity index (χ4v) is 4.46. The Hall–Kier alpha value is -3.09. The van der Waals surface area contributed by atoms with Crippen LogP contribution in [0.3, 0.4) is 0 Å². The molecule has 3 rings (SSSR count). The highest BCUT2D eigenvalue weighted by Gasteiger charge is 2.47. The molecule has 3 atom stereocenters. The summed E-state index contributed by atoms with van der Waals surface area (Å²) in [5, 5.41) is 3.25. The number of Topliss-reactive ketones (excluding diaryl/α,β-unsaturated/α-hetero) is 1. The van der Waals surface area contributed by atoms with Crippen LogP contribution in [0, 0.1) is 11.8 Å². The summed E-state index contributed by atoms with van der Waals surface area (Å²) in [6.45, 7) is 5.66. The van der Waals surface area contributed by atoms with Gasteiger partial charge in [0.15, 0.2) is 5.78 Å². The number of nitrogens with one attached hydrogen (secondary N) is 1. The minimum Gasteiger partial charge on any atom is -0.468 e. The topological polar surface area (TPSA) is 84.9 Å². The Bertz CT molecular complexity index is 959. The van der Waals surface area contributed by atoms with Gasteiger partial charge in [-0.25, -0.2) is 4.79 Å². The van der Waals surface area contributed by atoms with Crippen molar-refractivity contribution in [3.8, 4) is 0 Å². The summed E-state index contributed by atoms with van der Waals surface area (Å²) in [6, 6.07) is 7.73. The Morgan fingerprint density at radius 1 is 1.19 bits per heavy atom. The highest BCUT2D eigenvalue weighted by atomic mass is 16.5. The van der Waals surface area contributed by atoms with Crippen molar-refractivity contribution in [2.45, 2.75) is 33.1 Å². The molecule has 0 unspecified atom stereocenters. The number of esters is 2. The van der Waals surface area contributed by atoms with Crippen LogP contribution in [0.2, 0.25) is 0 Å². The number of ether oxygens (including phenoxy) is 2. The van der Waals surface area contributed by atoms with E-state index in [0.717, 1.165) is 16.9 Å². The second-order valence-electron chi connectivity index (χ2n) is 8.24. The molecule has 0 saturated heterocycles. The van der Waals surface area contributed by atoms with Crippen molar-refractivity contribution in [3.05, 3.63) is 52.4 Å². The predicted molar refractivity (Wildman–Crippen MR) is 117 cm³/mol. The van der Waals surface area contributed by atoms with E-state index >= 15 is 0 Å². The van der Waals surface area contributed by atoms with Gasteiger partial charge in [-0.2, -0.15) is 0 Å². The van der Waals surface area contributed by atoms with E-state index in [0.29, 0.717) is 23.3 Å². The number of dihydropyridines is 1. The lowest BCUT2D eigenvalue weighted by atomic mass is 9.69. The van der Waals surface area contributed by atoms with Gasteiger partial charge >= 0.3 is 11.9 Å². The molecule has 2 aliphatic rings. The van der Waals surface area contributed by atoms with Gasteiger partial charge in [0.1, 0.15) is 5.92 Å². The number of allylic oxidation sites excluding steroid dienone is 3. The molecule has 1 aromatic carbocycles. The van der Waals surface area contributed by atoms with Crippen molar-refractivity contribution in [2.24, 2.45) is 11.8 Å². The zero-order chi connectivity index (χ0) is 22.9. The zero-order valence-electron chi connectivity index (χ0n) is 18.9. The third-order valence-corrected chi connectivity index (χ3v) is 5.98. The van der Waals surface area contributed by atoms with Crippen LogP contribution in [0.4, 0.5) is 5.69 Å². The van der Waals surface area contributed by atoms with Crippen LogP contribution in [0.1, 0.15) is 38.7 Å². The smallest absolute Gasteiger partial charge is 0.336 e. The van der Waals surface area contributed by atoms with E-state index in [2.05, 4.69) is 5.32 Å². The lowest BCUT2D eigenvalue weighted by Crippen LogP contribution is -2.43. The van der Waals surface area contributed by atoms with Crippen LogP contribution in [0.25, 0.3) is 0 Å². The van der Waals surface area contributed by atoms with Crippen molar-refractivity contribution >= 4 is 23.4 Å². The van der Waals surface area contributed by atoms with Gasteiger partial charge in [-0.3, -0.25) is 9.59 Å². The molecule has 31 heavy (non-hydrogen) atoms. The fraction of sp³-hybridized carbons (Fsp3) is 0.458. The summed E-state index contributed by atoms with van der Waals surface area (Å²) >= 11 is 0. The van der Waals surface area contributed by atoms with Crippen molar-refractivity contribution in [2.75, 3.05) is 32.7 Å². The normalized spacial score (nSPS) is 23.2. The number of nitrogens with zero attached hydrogens (tertiary/aromatic N) is 1. The number of methoxy groups -OCH3 is 1. The maximum Gasteiger partial charge on any atom is 0.336 e. The Balaban J connectivity index is 2.17. The van der Waals surface area contributed by atoms with E-state index in [1.807, 2.05) is 57.1 Å². The maximum absolute atomic E-state index is 13.6. The van der Waals surface area contributed by atoms with Crippen molar-refractivity contribution in [3.63, 3.8) is 0 Å². The number of ketones is 1. The molecule has 0 saturated carbocycles. The molecule has 0 bridgehead atoms. The molecule has 1 aliphatic heterocycles. The van der Waals surface area contributed by atoms with Gasteiger partial charge in [0.2, 0.25) is 0 Å². The highest BCUT2D eigenvalue weighted by molar-refractivity contribution is 6.12. The summed E-state index contributed by atoms with van der Waals surface area (Å²) in [6.07, 6.45) is 0.514. The predicted octanol–water partition coefficient (Wildman–Crippen LogP) is 2.93. The van der Waals surface area contributed by atoms with E-state index in [9.17, 15) is 14.4 Å². The van der Waals surface area contributed by atoms with Crippen molar-refractivity contribution in [1.82, 2.24) is 5.32 Å². The third kappa shape index (κ3) is 4.09. The van der Waals surface area contributed by atoms with Crippen LogP contribution in [-0.2, 0) is 23.9 Å². The van der Waals surface area contributed by atoms with Crippen LogP contribution in [0.15, 0.2) is 46.8 Å². The Labute approximate surface area is 183 Å². The van der Waals surface area contributed by atoms with Crippen LogP contribution >= 0.6 is 0 Å². The van der Waals surface area contributed by atoms with Gasteiger partial charge in [0, 0.05) is 42.7 Å². The first-order chi connectivity index (χ1) is 14.7. The minimum absolute atomic E-state index is 0.208. The largest absolute Gasteiger partial charge is 0.468 e. The molecule has 0 spiro atoms. The SMILES string of the molecule is CCOC(=O)C1=C(C)NC2=C(C(=O)[C@H](C(=O)OC)[C@@H](C)C2)[C@H]1c1ccc(N(C)C)cc1. The van der Waals surface area contributed by atoms with Gasteiger partial charge in [-0.05, 0) is 43.9 Å². The first-order valence-electron chi connectivity index (χ1n) is 10.5. The number of carbonyl (C=O) groups is 3. The quantitative estimate of drug-likeness (QED) is 0.572. The minimum atomic E-state index is -0.893. The second-order valence-corrected chi connectivity index (χ2v) is 8.24. The van der Waals surface area contributed by atoms with E-state index in [1.165, 1.54) is 7.11 Å². The van der Waals surface area contributed by atoms with Gasteiger partial charge in [-0.15, -0.1) is 0 Å². The molecule has 1 heterocycles. The number of rotatable bonds is 5. The number of carbonyl (C=O) groups excluding carboxylic acids is 3. The molecular formula is C24H30N2O5. The second kappa shape index (κ2) is 8.96. The summed E-state index contributed by atoms with van der Waals surface area (Å²) in [7, 11) is 5.18. The monoisotopic (exact) mass is 426 g/mol. The maximum atomic E-state index is 13.6. The Kier molecular flexibility index (Phi) is 6.53. The number of anilines is 1. The molecule has 1 N–H and O–H groups in total. The molecule has 1 aromatic rings. The Morgan fingerprint density at radius 3 is 2.39 bits per heavy atom. The molecule has 0 fully saturated rings. The molecule has 0 radical (unpaired) electrons. The molecule has 0 aromatic heterocycles. The van der Waals surface area contributed by atoms with Crippen molar-refractivity contribution in [1.29, 1.82) is 0 Å². The van der Waals surface area contributed by atoms with Crippen LogP contribution in [0.5, 0.6) is 0 Å². The summed E-state index contributed by atoms with van der Waals surface area (Å²) in [5.74, 6) is -3.03. The van der Waals surface area contributed by atoms with Gasteiger partial charge < -0.3 is 19.7 Å². The summed E-state index contributed by atoms with van der Waals surface area (Å²) in [4.78, 5) is 40.9. The summed E-state index contributed by atoms with van der Waals surface area (Å²) < 4.78 is 10.2. The molecule has 0 amide bonds. The lowest BCUT2D eigenvalue weighted by Gasteiger charge is -2.38. The van der Waals surface area contributed by atoms with Crippen LogP contribution in [-0.4, -0.2) is 45.5 Å². The van der Waals surface area contributed by atoms with E-state index in [1.54, 1.807) is 6.92 Å². The molecule has 1 aliphatic carbocycles. The average Bonchev–Trinajstić information content (AvgIpc) is 2.72. The van der Waals surface area contributed by atoms with E-state index in [-0.39, 0.29) is 18.3 Å². The van der Waals surface area contributed by atoms with E-state index < -0.39 is 23.8 Å². The Morgan fingerprint density at radius 2 is 1.84 bits per heavy atom. The van der Waals surface area contributed by atoms with Gasteiger partial charge in [0.05, 0.1) is 19.3 Å². The third-order valence-electron chi connectivity index (χ3n) is 5.98.